The fraction of sp³-hybridized carbons (Fsp3) is 0.222. The molecule has 0 radical (unpaired) electrons. The Morgan fingerprint density at radius 3 is 2.54 bits per heavy atom. The molecule has 0 aliphatic carbocycles. The minimum atomic E-state index is -0.272. The molecule has 0 saturated heterocycles. The number of carbonyl (C=O) groups is 1. The summed E-state index contributed by atoms with van der Waals surface area (Å²) >= 11 is 4.34. The average Bonchev–Trinajstić information content (AvgIpc) is 2.10. The Labute approximate surface area is 104 Å². The predicted molar refractivity (Wildman–Crippen MR) is 68.0 cm³/mol. The van der Waals surface area contributed by atoms with E-state index in [0.29, 0.717) is 5.56 Å². The summed E-state index contributed by atoms with van der Waals surface area (Å²) in [5.41, 5.74) is 1.75. The molecule has 0 fully saturated rings. The second kappa shape index (κ2) is 4.59. The van der Waals surface area contributed by atoms with Crippen LogP contribution >= 0.6 is 45.2 Å². The molecule has 0 spiro atoms. The lowest BCUT2D eigenvalue weighted by Crippen LogP contribution is -2.05. The second-order valence-corrected chi connectivity index (χ2v) is 4.90. The Hall–Kier alpha value is 0.150. The SMILES string of the molecule is COC(=O)c1cc(I)cc(C)c1I. The third kappa shape index (κ3) is 2.55. The van der Waals surface area contributed by atoms with Crippen LogP contribution in [0, 0.1) is 14.1 Å². The van der Waals surface area contributed by atoms with E-state index in [-0.39, 0.29) is 5.97 Å². The third-order valence-electron chi connectivity index (χ3n) is 1.62. The first kappa shape index (κ1) is 11.2. The van der Waals surface area contributed by atoms with Crippen LogP contribution in [0.4, 0.5) is 0 Å². The molecule has 0 aliphatic rings. The molecule has 0 aromatic heterocycles. The van der Waals surface area contributed by atoms with Gasteiger partial charge in [0, 0.05) is 7.14 Å². The van der Waals surface area contributed by atoms with Gasteiger partial charge in [-0.3, -0.25) is 0 Å². The number of aryl methyl sites for hydroxylation is 1. The van der Waals surface area contributed by atoms with Gasteiger partial charge in [0.2, 0.25) is 0 Å². The highest BCUT2D eigenvalue weighted by atomic mass is 127. The van der Waals surface area contributed by atoms with Crippen molar-refractivity contribution in [2.75, 3.05) is 7.11 Å². The van der Waals surface area contributed by atoms with Gasteiger partial charge in [0.25, 0.3) is 0 Å². The summed E-state index contributed by atoms with van der Waals surface area (Å²) in [7, 11) is 1.40. The van der Waals surface area contributed by atoms with E-state index >= 15 is 0 Å². The molecule has 0 aliphatic heterocycles. The average molecular weight is 402 g/mol. The number of rotatable bonds is 1. The number of benzene rings is 1. The Kier molecular flexibility index (Phi) is 3.96. The van der Waals surface area contributed by atoms with Gasteiger partial charge in [-0.1, -0.05) is 0 Å². The zero-order chi connectivity index (χ0) is 10.0. The topological polar surface area (TPSA) is 26.3 Å². The smallest absolute Gasteiger partial charge is 0.338 e. The van der Waals surface area contributed by atoms with Crippen molar-refractivity contribution in [3.8, 4) is 0 Å². The van der Waals surface area contributed by atoms with Gasteiger partial charge in [0.15, 0.2) is 0 Å². The fourth-order valence-corrected chi connectivity index (χ4v) is 2.29. The van der Waals surface area contributed by atoms with Crippen LogP contribution in [0.5, 0.6) is 0 Å². The predicted octanol–water partition coefficient (Wildman–Crippen LogP) is 2.99. The first-order valence-corrected chi connectivity index (χ1v) is 5.76. The summed E-state index contributed by atoms with van der Waals surface area (Å²) in [6, 6.07) is 3.87. The summed E-state index contributed by atoms with van der Waals surface area (Å²) in [4.78, 5) is 11.3. The first-order valence-electron chi connectivity index (χ1n) is 3.60. The molecule has 2 nitrogen and oxygen atoms in total. The monoisotopic (exact) mass is 402 g/mol. The minimum absolute atomic E-state index is 0.272. The van der Waals surface area contributed by atoms with Crippen molar-refractivity contribution in [3.05, 3.63) is 30.4 Å². The maximum absolute atomic E-state index is 11.3. The van der Waals surface area contributed by atoms with Gasteiger partial charge in [-0.05, 0) is 69.8 Å². The number of halogens is 2. The maximum atomic E-state index is 11.3. The van der Waals surface area contributed by atoms with Gasteiger partial charge in [0.1, 0.15) is 0 Å². The summed E-state index contributed by atoms with van der Waals surface area (Å²) in [6.45, 7) is 1.98. The Balaban J connectivity index is 3.28. The zero-order valence-electron chi connectivity index (χ0n) is 7.23. The van der Waals surface area contributed by atoms with Crippen LogP contribution in [0.25, 0.3) is 0 Å². The number of esters is 1. The van der Waals surface area contributed by atoms with Gasteiger partial charge in [-0.2, -0.15) is 0 Å². The molecule has 0 unspecified atom stereocenters. The van der Waals surface area contributed by atoms with Crippen LogP contribution in [-0.4, -0.2) is 13.1 Å². The third-order valence-corrected chi connectivity index (χ3v) is 3.68. The Bertz CT molecular complexity index is 348. The summed E-state index contributed by atoms with van der Waals surface area (Å²) in [5, 5.41) is 0. The summed E-state index contributed by atoms with van der Waals surface area (Å²) in [6.07, 6.45) is 0. The highest BCUT2D eigenvalue weighted by molar-refractivity contribution is 14.1. The lowest BCUT2D eigenvalue weighted by atomic mass is 10.1. The van der Waals surface area contributed by atoms with Gasteiger partial charge in [0.05, 0.1) is 12.7 Å². The van der Waals surface area contributed by atoms with Crippen molar-refractivity contribution in [2.24, 2.45) is 0 Å². The van der Waals surface area contributed by atoms with Crippen LogP contribution in [0.15, 0.2) is 12.1 Å². The van der Waals surface area contributed by atoms with Crippen LogP contribution in [0.2, 0.25) is 0 Å². The maximum Gasteiger partial charge on any atom is 0.338 e. The van der Waals surface area contributed by atoms with E-state index in [9.17, 15) is 4.79 Å². The zero-order valence-corrected chi connectivity index (χ0v) is 11.5. The standard InChI is InChI=1S/C9H8I2O2/c1-5-3-6(10)4-7(8(5)11)9(12)13-2/h3-4H,1-2H3. The van der Waals surface area contributed by atoms with E-state index in [1.165, 1.54) is 7.11 Å². The van der Waals surface area contributed by atoms with Crippen LogP contribution in [0.3, 0.4) is 0 Å². The highest BCUT2D eigenvalue weighted by Gasteiger charge is 2.12. The van der Waals surface area contributed by atoms with Crippen molar-refractivity contribution in [1.29, 1.82) is 0 Å². The minimum Gasteiger partial charge on any atom is -0.465 e. The van der Waals surface area contributed by atoms with E-state index in [2.05, 4.69) is 49.9 Å². The molecule has 1 rings (SSSR count). The van der Waals surface area contributed by atoms with Crippen LogP contribution in [0.1, 0.15) is 15.9 Å². The lowest BCUT2D eigenvalue weighted by molar-refractivity contribution is 0.0599. The number of hydrogen-bond donors (Lipinski definition) is 0. The number of methoxy groups -OCH3 is 1. The van der Waals surface area contributed by atoms with Gasteiger partial charge in [-0.25, -0.2) is 4.79 Å². The van der Waals surface area contributed by atoms with Crippen molar-refractivity contribution in [3.63, 3.8) is 0 Å². The Morgan fingerprint density at radius 2 is 2.00 bits per heavy atom. The highest BCUT2D eigenvalue weighted by Crippen LogP contribution is 2.21. The molecule has 1 aromatic rings. The first-order chi connectivity index (χ1) is 6.06. The molecule has 0 bridgehead atoms. The largest absolute Gasteiger partial charge is 0.465 e. The number of carbonyl (C=O) groups excluding carboxylic acids is 1. The number of hydrogen-bond acceptors (Lipinski definition) is 2. The molecule has 0 atom stereocenters. The molecule has 70 valence electrons. The molecule has 4 heteroatoms. The van der Waals surface area contributed by atoms with E-state index in [4.69, 9.17) is 0 Å². The van der Waals surface area contributed by atoms with Gasteiger partial charge in [-0.15, -0.1) is 0 Å². The fourth-order valence-electron chi connectivity index (χ4n) is 0.984. The van der Waals surface area contributed by atoms with E-state index < -0.39 is 0 Å². The quantitative estimate of drug-likeness (QED) is 0.534. The Morgan fingerprint density at radius 1 is 1.38 bits per heavy atom. The van der Waals surface area contributed by atoms with Crippen molar-refractivity contribution >= 4 is 51.2 Å². The van der Waals surface area contributed by atoms with Gasteiger partial charge >= 0.3 is 5.97 Å². The van der Waals surface area contributed by atoms with Crippen LogP contribution < -0.4 is 0 Å². The number of ether oxygens (including phenoxy) is 1. The van der Waals surface area contributed by atoms with Gasteiger partial charge < -0.3 is 4.74 Å². The van der Waals surface area contributed by atoms with E-state index in [0.717, 1.165) is 12.7 Å². The molecular formula is C9H8I2O2. The van der Waals surface area contributed by atoms with Crippen molar-refractivity contribution in [1.82, 2.24) is 0 Å². The molecule has 1 aromatic carbocycles. The molecule has 13 heavy (non-hydrogen) atoms. The summed E-state index contributed by atoms with van der Waals surface area (Å²) < 4.78 is 6.69. The normalized spacial score (nSPS) is 9.85. The molecule has 0 heterocycles. The molecule has 0 amide bonds. The van der Waals surface area contributed by atoms with Crippen molar-refractivity contribution in [2.45, 2.75) is 6.92 Å². The van der Waals surface area contributed by atoms with E-state index in [1.807, 2.05) is 19.1 Å². The molecular weight excluding hydrogens is 394 g/mol. The molecule has 0 N–H and O–H groups in total. The van der Waals surface area contributed by atoms with E-state index in [1.54, 1.807) is 0 Å². The summed E-state index contributed by atoms with van der Waals surface area (Å²) in [5.74, 6) is -0.272. The molecule has 0 saturated carbocycles. The lowest BCUT2D eigenvalue weighted by Gasteiger charge is -2.05. The second-order valence-electron chi connectivity index (χ2n) is 2.58. The van der Waals surface area contributed by atoms with Crippen molar-refractivity contribution < 1.29 is 9.53 Å². The van der Waals surface area contributed by atoms with Crippen LogP contribution in [-0.2, 0) is 4.74 Å².